The molecule has 0 spiro atoms. The van der Waals surface area contributed by atoms with Crippen LogP contribution >= 0.6 is 0 Å². The van der Waals surface area contributed by atoms with Crippen molar-refractivity contribution in [3.63, 3.8) is 0 Å². The molecule has 3 aliphatic rings. The van der Waals surface area contributed by atoms with Crippen LogP contribution in [0.4, 0.5) is 0 Å². The Bertz CT molecular complexity index is 416. The zero-order chi connectivity index (χ0) is 14.1. The molecule has 5 unspecified atom stereocenters. The average molecular weight is 266 g/mol. The lowest BCUT2D eigenvalue weighted by Gasteiger charge is -2.60. The fourth-order valence-electron chi connectivity index (χ4n) is 5.54. The van der Waals surface area contributed by atoms with E-state index < -0.39 is 0 Å². The molecular formula is C16H26O3. The summed E-state index contributed by atoms with van der Waals surface area (Å²) >= 11 is 0. The first-order chi connectivity index (χ1) is 8.70. The molecule has 2 aliphatic carbocycles. The van der Waals surface area contributed by atoms with Gasteiger partial charge in [0.15, 0.2) is 0 Å². The maximum absolute atomic E-state index is 11.8. The molecular weight excluding hydrogens is 240 g/mol. The van der Waals surface area contributed by atoms with Gasteiger partial charge < -0.3 is 9.84 Å². The van der Waals surface area contributed by atoms with Crippen LogP contribution in [0.1, 0.15) is 59.8 Å². The molecule has 3 rings (SSSR count). The molecule has 1 saturated heterocycles. The fourth-order valence-corrected chi connectivity index (χ4v) is 5.54. The molecule has 0 aromatic heterocycles. The van der Waals surface area contributed by atoms with E-state index in [4.69, 9.17) is 4.74 Å². The van der Waals surface area contributed by atoms with E-state index in [9.17, 15) is 9.90 Å². The normalized spacial score (nSPS) is 52.3. The van der Waals surface area contributed by atoms with Gasteiger partial charge in [0.25, 0.3) is 0 Å². The van der Waals surface area contributed by atoms with E-state index in [1.54, 1.807) is 0 Å². The summed E-state index contributed by atoms with van der Waals surface area (Å²) in [6.07, 6.45) is 4.21. The smallest absolute Gasteiger partial charge is 0.306 e. The summed E-state index contributed by atoms with van der Waals surface area (Å²) in [5.41, 5.74) is -0.192. The van der Waals surface area contributed by atoms with Crippen molar-refractivity contribution in [3.05, 3.63) is 0 Å². The second kappa shape index (κ2) is 3.75. The highest BCUT2D eigenvalue weighted by atomic mass is 16.6. The van der Waals surface area contributed by atoms with Crippen LogP contribution in [0.5, 0.6) is 0 Å². The monoisotopic (exact) mass is 266 g/mol. The first-order valence-corrected chi connectivity index (χ1v) is 7.60. The summed E-state index contributed by atoms with van der Waals surface area (Å²) in [6.45, 7) is 8.83. The maximum Gasteiger partial charge on any atom is 0.306 e. The van der Waals surface area contributed by atoms with Gasteiger partial charge in [0.1, 0.15) is 5.60 Å². The van der Waals surface area contributed by atoms with Gasteiger partial charge in [0, 0.05) is 5.92 Å². The second-order valence-corrected chi connectivity index (χ2v) is 8.02. The molecule has 1 heterocycles. The van der Waals surface area contributed by atoms with Crippen molar-refractivity contribution in [1.82, 2.24) is 0 Å². The zero-order valence-corrected chi connectivity index (χ0v) is 12.5. The SMILES string of the molecule is CC12CCC3C(C)(C)C(O)CCC3(C)C1CC(=O)O2. The number of carbonyl (C=O) groups is 1. The molecule has 0 amide bonds. The number of hydrogen-bond donors (Lipinski definition) is 1. The largest absolute Gasteiger partial charge is 0.459 e. The molecule has 108 valence electrons. The highest BCUT2D eigenvalue weighted by Crippen LogP contribution is 2.64. The molecule has 3 heteroatoms. The van der Waals surface area contributed by atoms with Crippen molar-refractivity contribution in [1.29, 1.82) is 0 Å². The first-order valence-electron chi connectivity index (χ1n) is 7.60. The molecule has 3 nitrogen and oxygen atoms in total. The van der Waals surface area contributed by atoms with Crippen molar-refractivity contribution in [2.75, 3.05) is 0 Å². The van der Waals surface area contributed by atoms with Gasteiger partial charge in [-0.3, -0.25) is 4.79 Å². The van der Waals surface area contributed by atoms with Gasteiger partial charge in [-0.05, 0) is 49.4 Å². The number of aliphatic hydroxyl groups excluding tert-OH is 1. The third-order valence-electron chi connectivity index (χ3n) is 6.69. The quantitative estimate of drug-likeness (QED) is 0.686. The molecule has 0 radical (unpaired) electrons. The van der Waals surface area contributed by atoms with E-state index in [-0.39, 0.29) is 28.5 Å². The summed E-state index contributed by atoms with van der Waals surface area (Å²) in [5.74, 6) is 0.771. The van der Waals surface area contributed by atoms with Gasteiger partial charge in [-0.1, -0.05) is 20.8 Å². The third kappa shape index (κ3) is 1.63. The van der Waals surface area contributed by atoms with E-state index in [0.29, 0.717) is 18.3 Å². The first kappa shape index (κ1) is 13.4. The Balaban J connectivity index is 2.00. The molecule has 19 heavy (non-hydrogen) atoms. The predicted molar refractivity (Wildman–Crippen MR) is 72.5 cm³/mol. The van der Waals surface area contributed by atoms with E-state index in [1.165, 1.54) is 0 Å². The fraction of sp³-hybridized carbons (Fsp3) is 0.938. The minimum absolute atomic E-state index is 0.0293. The number of ether oxygens (including phenoxy) is 1. The minimum Gasteiger partial charge on any atom is -0.459 e. The number of hydrogen-bond acceptors (Lipinski definition) is 3. The molecule has 1 N–H and O–H groups in total. The number of esters is 1. The third-order valence-corrected chi connectivity index (χ3v) is 6.69. The van der Waals surface area contributed by atoms with Gasteiger partial charge in [-0.15, -0.1) is 0 Å². The molecule has 1 aliphatic heterocycles. The Kier molecular flexibility index (Phi) is 2.65. The van der Waals surface area contributed by atoms with E-state index in [2.05, 4.69) is 27.7 Å². The Morgan fingerprint density at radius 2 is 1.79 bits per heavy atom. The molecule has 0 bridgehead atoms. The van der Waals surface area contributed by atoms with Gasteiger partial charge in [0.2, 0.25) is 0 Å². The lowest BCUT2D eigenvalue weighted by molar-refractivity contribution is -0.183. The van der Waals surface area contributed by atoms with Crippen LogP contribution in [0.3, 0.4) is 0 Å². The number of carbonyl (C=O) groups excluding carboxylic acids is 1. The van der Waals surface area contributed by atoms with Crippen LogP contribution in [0, 0.1) is 22.7 Å². The molecule has 0 aromatic carbocycles. The van der Waals surface area contributed by atoms with Gasteiger partial charge in [0.05, 0.1) is 12.5 Å². The van der Waals surface area contributed by atoms with Gasteiger partial charge in [-0.25, -0.2) is 0 Å². The zero-order valence-electron chi connectivity index (χ0n) is 12.5. The molecule has 5 atom stereocenters. The topological polar surface area (TPSA) is 46.5 Å². The van der Waals surface area contributed by atoms with E-state index in [1.807, 2.05) is 0 Å². The molecule has 3 fully saturated rings. The van der Waals surface area contributed by atoms with E-state index >= 15 is 0 Å². The average Bonchev–Trinajstić information content (AvgIpc) is 2.61. The Labute approximate surface area is 115 Å². The Morgan fingerprint density at radius 3 is 2.47 bits per heavy atom. The summed E-state index contributed by atoms with van der Waals surface area (Å²) in [5, 5.41) is 10.3. The highest BCUT2D eigenvalue weighted by Gasteiger charge is 2.64. The van der Waals surface area contributed by atoms with Crippen LogP contribution in [0.15, 0.2) is 0 Å². The number of rotatable bonds is 0. The van der Waals surface area contributed by atoms with Gasteiger partial charge >= 0.3 is 5.97 Å². The van der Waals surface area contributed by atoms with Crippen molar-refractivity contribution in [2.24, 2.45) is 22.7 Å². The molecule has 2 saturated carbocycles. The lowest BCUT2D eigenvalue weighted by Crippen LogP contribution is -2.59. The summed E-state index contributed by atoms with van der Waals surface area (Å²) in [6, 6.07) is 0. The summed E-state index contributed by atoms with van der Waals surface area (Å²) in [4.78, 5) is 11.8. The van der Waals surface area contributed by atoms with Crippen molar-refractivity contribution in [3.8, 4) is 0 Å². The van der Waals surface area contributed by atoms with Crippen molar-refractivity contribution >= 4 is 5.97 Å². The van der Waals surface area contributed by atoms with Crippen LogP contribution in [-0.2, 0) is 9.53 Å². The van der Waals surface area contributed by atoms with Crippen LogP contribution in [-0.4, -0.2) is 22.8 Å². The molecule has 0 aromatic rings. The van der Waals surface area contributed by atoms with Crippen LogP contribution in [0.2, 0.25) is 0 Å². The Morgan fingerprint density at radius 1 is 1.11 bits per heavy atom. The van der Waals surface area contributed by atoms with Crippen molar-refractivity contribution in [2.45, 2.75) is 71.5 Å². The van der Waals surface area contributed by atoms with Crippen LogP contribution < -0.4 is 0 Å². The summed E-state index contributed by atoms with van der Waals surface area (Å²) < 4.78 is 5.66. The standard InChI is InChI=1S/C16H26O3/c1-14(2)10-5-8-16(4)11(9-13(18)19-16)15(10,3)7-6-12(14)17/h10-12,17H,5-9H2,1-4H3. The predicted octanol–water partition coefficient (Wildman–Crippen LogP) is 2.91. The number of fused-ring (bicyclic) bond motifs is 3. The highest BCUT2D eigenvalue weighted by molar-refractivity contribution is 5.73. The lowest BCUT2D eigenvalue weighted by atomic mass is 9.45. The summed E-state index contributed by atoms with van der Waals surface area (Å²) in [7, 11) is 0. The van der Waals surface area contributed by atoms with E-state index in [0.717, 1.165) is 25.7 Å². The number of aliphatic hydroxyl groups is 1. The van der Waals surface area contributed by atoms with Crippen molar-refractivity contribution < 1.29 is 14.6 Å². The Hall–Kier alpha value is -0.570. The van der Waals surface area contributed by atoms with Gasteiger partial charge in [-0.2, -0.15) is 0 Å². The van der Waals surface area contributed by atoms with Crippen LogP contribution in [0.25, 0.3) is 0 Å². The second-order valence-electron chi connectivity index (χ2n) is 8.02. The maximum atomic E-state index is 11.8. The minimum atomic E-state index is -0.263.